The molecule has 0 spiro atoms. The summed E-state index contributed by atoms with van der Waals surface area (Å²) in [7, 11) is 3.52. The van der Waals surface area contributed by atoms with Gasteiger partial charge in [0, 0.05) is 111 Å². The molecule has 0 aliphatic carbocycles. The molecule has 0 saturated carbocycles. The van der Waals surface area contributed by atoms with Gasteiger partial charge in [-0.1, -0.05) is 29.8 Å². The third kappa shape index (κ3) is 6.91. The predicted octanol–water partition coefficient (Wildman–Crippen LogP) is 6.30. The van der Waals surface area contributed by atoms with Crippen molar-refractivity contribution in [1.82, 2.24) is 19.6 Å². The van der Waals surface area contributed by atoms with Crippen molar-refractivity contribution in [3.8, 4) is 0 Å². The molecule has 2 atom stereocenters. The molecule has 7 nitrogen and oxygen atoms in total. The molecule has 2 radical (unpaired) electrons. The van der Waals surface area contributed by atoms with Crippen LogP contribution in [0.25, 0.3) is 0 Å². The first-order valence-electron chi connectivity index (χ1n) is 14.7. The van der Waals surface area contributed by atoms with Crippen LogP contribution in [-0.2, 0) is 65.4 Å². The molecule has 2 heterocycles. The number of piperazine rings is 1. The molecule has 2 aliphatic heterocycles. The van der Waals surface area contributed by atoms with E-state index in [1.165, 1.54) is 22.3 Å². The number of aryl methyl sites for hydroxylation is 1. The smallest absolute Gasteiger partial charge is 0.326 e. The summed E-state index contributed by atoms with van der Waals surface area (Å²) < 4.78 is 0. The number of hydrogen-bond acceptors (Lipinski definition) is 3. The van der Waals surface area contributed by atoms with E-state index in [2.05, 4.69) is 71.9 Å². The second-order valence-corrected chi connectivity index (χ2v) is 11.9. The van der Waals surface area contributed by atoms with E-state index in [0.717, 1.165) is 33.7 Å². The number of hydrogen-bond donors (Lipinski definition) is 0. The zero-order chi connectivity index (χ0) is 30.3. The van der Waals surface area contributed by atoms with Crippen LogP contribution >= 0.6 is 0 Å². The van der Waals surface area contributed by atoms with Gasteiger partial charge in [-0.2, -0.15) is 30.3 Å². The van der Waals surface area contributed by atoms with Crippen LogP contribution in [0.15, 0.2) is 53.5 Å². The fraction of sp³-hybridized carbons (Fsp3) is 0.400. The third-order valence-corrected chi connectivity index (χ3v) is 9.20. The number of urea groups is 2. The first-order valence-corrected chi connectivity index (χ1v) is 14.7. The minimum Gasteiger partial charge on any atom is -0.331 e. The van der Waals surface area contributed by atoms with Gasteiger partial charge in [-0.25, -0.2) is 9.59 Å². The molecule has 226 valence electrons. The molecule has 1 fully saturated rings. The fourth-order valence-corrected chi connectivity index (χ4v) is 6.24. The Morgan fingerprint density at radius 3 is 1.75 bits per heavy atom. The van der Waals surface area contributed by atoms with Crippen molar-refractivity contribution in [2.45, 2.75) is 53.6 Å². The van der Waals surface area contributed by atoms with Crippen molar-refractivity contribution in [2.24, 2.45) is 4.99 Å². The zero-order valence-electron chi connectivity index (χ0n) is 27.3. The average molecular weight is 743 g/mol. The van der Waals surface area contributed by atoms with E-state index in [1.807, 2.05) is 39.0 Å². The van der Waals surface area contributed by atoms with Gasteiger partial charge in [0.2, 0.25) is 0 Å². The normalized spacial score (nSPS) is 17.9. The van der Waals surface area contributed by atoms with E-state index in [4.69, 9.17) is 4.99 Å². The fourth-order valence-electron chi connectivity index (χ4n) is 6.24. The number of carbonyl (C=O) groups excluding carboxylic acids is 2. The minimum atomic E-state index is -0.327. The van der Waals surface area contributed by atoms with E-state index < -0.39 is 0 Å². The summed E-state index contributed by atoms with van der Waals surface area (Å²) in [6.07, 6.45) is 0. The van der Waals surface area contributed by atoms with Crippen LogP contribution in [0.1, 0.15) is 62.2 Å². The molecule has 44 heavy (non-hydrogen) atoms. The van der Waals surface area contributed by atoms with Gasteiger partial charge < -0.3 is 14.7 Å². The predicted molar refractivity (Wildman–Crippen MR) is 168 cm³/mol. The summed E-state index contributed by atoms with van der Waals surface area (Å²) in [6.45, 7) is 14.8. The van der Waals surface area contributed by atoms with Crippen molar-refractivity contribution in [2.75, 3.05) is 40.3 Å². The van der Waals surface area contributed by atoms with Gasteiger partial charge in [-0.15, -0.1) is 5.56 Å². The summed E-state index contributed by atoms with van der Waals surface area (Å²) in [5.41, 5.74) is 10.3. The van der Waals surface area contributed by atoms with Crippen molar-refractivity contribution in [1.29, 1.82) is 0 Å². The quantitative estimate of drug-likeness (QED) is 0.296. The molecule has 5 rings (SSSR count). The SMILES string of the molecule is Cc1ccc([C@H]2N=C(c3c(C)c(C)c(C)c(C)c3C)N(C(=O)N3CCN(C(=O)N(C)C)CC3)[C@H]2c2cc[c-]cc2)cc1.[Y].[Y]. The largest absolute Gasteiger partial charge is 0.331 e. The van der Waals surface area contributed by atoms with Crippen LogP contribution in [0, 0.1) is 47.6 Å². The Morgan fingerprint density at radius 1 is 0.727 bits per heavy atom. The Labute approximate surface area is 313 Å². The number of nitrogens with zero attached hydrogens (tertiary/aromatic N) is 5. The van der Waals surface area contributed by atoms with Crippen molar-refractivity contribution in [3.05, 3.63) is 105 Å². The van der Waals surface area contributed by atoms with Gasteiger partial charge in [0.15, 0.2) is 0 Å². The first-order chi connectivity index (χ1) is 20.0. The van der Waals surface area contributed by atoms with E-state index in [9.17, 15) is 9.59 Å². The molecule has 4 amide bonds. The Bertz CT molecular complexity index is 1500. The molecule has 2 aliphatic rings. The van der Waals surface area contributed by atoms with Gasteiger partial charge in [0.25, 0.3) is 0 Å². The Balaban J connectivity index is 0.00000264. The van der Waals surface area contributed by atoms with Crippen LogP contribution < -0.4 is 0 Å². The zero-order valence-corrected chi connectivity index (χ0v) is 33.0. The summed E-state index contributed by atoms with van der Waals surface area (Å²) in [5.74, 6) is 0.719. The molecule has 9 heteroatoms. The van der Waals surface area contributed by atoms with E-state index in [-0.39, 0.29) is 89.6 Å². The van der Waals surface area contributed by atoms with Gasteiger partial charge in [0.1, 0.15) is 11.9 Å². The van der Waals surface area contributed by atoms with Crippen molar-refractivity contribution < 1.29 is 75.0 Å². The standard InChI is InChI=1S/C35H42N5O2.2Y/c1-22-14-16-28(17-15-22)31-32(29-12-10-9-11-13-29)40(35(42)39-20-18-38(19-21-39)34(41)37(7)8)33(36-31)30-26(5)24(3)23(2)25(4)27(30)6;;/h10-17,31-32H,18-21H2,1-8H3;;/q-1;;/t31-,32+;;/m1../s1. The molecule has 1 saturated heterocycles. The van der Waals surface area contributed by atoms with Crippen molar-refractivity contribution in [3.63, 3.8) is 0 Å². The molecule has 3 aromatic carbocycles. The number of aliphatic imine (C=N–C) groups is 1. The molecular formula is C35H42N5O2Y2-. The van der Waals surface area contributed by atoms with Crippen molar-refractivity contribution >= 4 is 17.9 Å². The minimum absolute atomic E-state index is 0. The van der Waals surface area contributed by atoms with Gasteiger partial charge in [-0.05, 0) is 74.9 Å². The van der Waals surface area contributed by atoms with Crippen LogP contribution in [0.2, 0.25) is 0 Å². The van der Waals surface area contributed by atoms with Crippen LogP contribution in [-0.4, -0.2) is 77.8 Å². The first kappa shape index (κ1) is 36.5. The number of carbonyl (C=O) groups is 2. The summed E-state index contributed by atoms with van der Waals surface area (Å²) in [6, 6.07) is 18.8. The molecular weight excluding hydrogens is 700 g/mol. The van der Waals surface area contributed by atoms with Crippen LogP contribution in [0.3, 0.4) is 0 Å². The van der Waals surface area contributed by atoms with Crippen LogP contribution in [0.4, 0.5) is 9.59 Å². The van der Waals surface area contributed by atoms with E-state index in [0.29, 0.717) is 26.2 Å². The maximum absolute atomic E-state index is 14.7. The van der Waals surface area contributed by atoms with Gasteiger partial charge in [-0.3, -0.25) is 9.89 Å². The number of benzene rings is 3. The van der Waals surface area contributed by atoms with Crippen LogP contribution in [0.5, 0.6) is 0 Å². The molecule has 0 bridgehead atoms. The summed E-state index contributed by atoms with van der Waals surface area (Å²) in [4.78, 5) is 40.0. The van der Waals surface area contributed by atoms with Gasteiger partial charge in [0.05, 0.1) is 6.04 Å². The Kier molecular flexibility index (Phi) is 12.6. The summed E-state index contributed by atoms with van der Waals surface area (Å²) in [5, 5.41) is 0. The molecule has 0 unspecified atom stereocenters. The number of rotatable bonds is 3. The summed E-state index contributed by atoms with van der Waals surface area (Å²) >= 11 is 0. The number of amidine groups is 1. The monoisotopic (exact) mass is 742 g/mol. The maximum Gasteiger partial charge on any atom is 0.326 e. The molecule has 0 N–H and O–H groups in total. The topological polar surface area (TPSA) is 59.5 Å². The maximum atomic E-state index is 14.7. The average Bonchev–Trinajstić information content (AvgIpc) is 3.39. The second kappa shape index (κ2) is 15.1. The number of amides is 4. The second-order valence-electron chi connectivity index (χ2n) is 11.9. The van der Waals surface area contributed by atoms with Gasteiger partial charge >= 0.3 is 12.1 Å². The van der Waals surface area contributed by atoms with E-state index in [1.54, 1.807) is 19.0 Å². The Morgan fingerprint density at radius 2 is 1.23 bits per heavy atom. The third-order valence-electron chi connectivity index (χ3n) is 9.20. The van der Waals surface area contributed by atoms with E-state index >= 15 is 0 Å². The Hall–Kier alpha value is -1.92. The molecule has 3 aromatic rings. The molecule has 0 aromatic heterocycles.